The fourth-order valence-corrected chi connectivity index (χ4v) is 3.46. The molecular formula is C20H32N4O3. The number of nitrogens with two attached hydrogens (primary N) is 1. The number of likely N-dealkylation sites (tertiary alicyclic amines) is 1. The lowest BCUT2D eigenvalue weighted by Gasteiger charge is -2.33. The molecule has 7 heteroatoms. The third kappa shape index (κ3) is 6.75. The van der Waals surface area contributed by atoms with E-state index in [4.69, 9.17) is 10.5 Å². The minimum absolute atomic E-state index is 0.130. The number of para-hydroxylation sites is 1. The first-order valence-electron chi connectivity index (χ1n) is 9.74. The van der Waals surface area contributed by atoms with E-state index in [1.807, 2.05) is 18.2 Å². The number of rotatable bonds is 9. The quantitative estimate of drug-likeness (QED) is 0.614. The Hall–Kier alpha value is -2.28. The van der Waals surface area contributed by atoms with Crippen LogP contribution in [-0.2, 0) is 11.3 Å². The summed E-state index contributed by atoms with van der Waals surface area (Å²) in [6.07, 6.45) is 4.22. The predicted octanol–water partition coefficient (Wildman–Crippen LogP) is 2.00. The molecule has 1 aliphatic heterocycles. The van der Waals surface area contributed by atoms with Gasteiger partial charge >= 0.3 is 6.03 Å². The van der Waals surface area contributed by atoms with E-state index in [0.29, 0.717) is 6.42 Å². The highest BCUT2D eigenvalue weighted by Crippen LogP contribution is 2.21. The molecule has 1 unspecified atom stereocenters. The first-order chi connectivity index (χ1) is 13.0. The summed E-state index contributed by atoms with van der Waals surface area (Å²) in [7, 11) is 1.69. The Morgan fingerprint density at radius 2 is 2.00 bits per heavy atom. The number of hydrogen-bond acceptors (Lipinski definition) is 4. The Morgan fingerprint density at radius 3 is 2.63 bits per heavy atom. The zero-order valence-corrected chi connectivity index (χ0v) is 16.4. The van der Waals surface area contributed by atoms with Crippen LogP contribution in [0.25, 0.3) is 0 Å². The summed E-state index contributed by atoms with van der Waals surface area (Å²) in [6.45, 7) is 4.71. The number of unbranched alkanes of at least 4 members (excludes halogenated alkanes) is 1. The van der Waals surface area contributed by atoms with Crippen LogP contribution >= 0.6 is 0 Å². The third-order valence-electron chi connectivity index (χ3n) is 5.00. The molecule has 1 aromatic carbocycles. The Kier molecular flexibility index (Phi) is 8.39. The smallest absolute Gasteiger partial charge is 0.312 e. The molecule has 0 aromatic heterocycles. The summed E-state index contributed by atoms with van der Waals surface area (Å²) >= 11 is 0. The number of hydrogen-bond donors (Lipinski definition) is 3. The number of primary amides is 1. The molecule has 150 valence electrons. The van der Waals surface area contributed by atoms with Crippen molar-refractivity contribution in [2.75, 3.05) is 20.2 Å². The van der Waals surface area contributed by atoms with Crippen molar-refractivity contribution < 1.29 is 14.3 Å². The van der Waals surface area contributed by atoms with Gasteiger partial charge in [-0.05, 0) is 25.3 Å². The van der Waals surface area contributed by atoms with E-state index in [2.05, 4.69) is 28.5 Å². The van der Waals surface area contributed by atoms with Crippen LogP contribution in [0.1, 0.15) is 44.6 Å². The van der Waals surface area contributed by atoms with E-state index in [1.165, 1.54) is 5.56 Å². The Morgan fingerprint density at radius 1 is 1.30 bits per heavy atom. The maximum atomic E-state index is 12.5. The molecule has 0 saturated carbocycles. The van der Waals surface area contributed by atoms with Crippen LogP contribution in [0.4, 0.5) is 4.79 Å². The van der Waals surface area contributed by atoms with Crippen LogP contribution in [0.15, 0.2) is 24.3 Å². The van der Waals surface area contributed by atoms with Crippen molar-refractivity contribution in [3.8, 4) is 5.75 Å². The van der Waals surface area contributed by atoms with E-state index in [9.17, 15) is 9.59 Å². The van der Waals surface area contributed by atoms with Crippen molar-refractivity contribution in [3.63, 3.8) is 0 Å². The molecular weight excluding hydrogens is 344 g/mol. The van der Waals surface area contributed by atoms with Gasteiger partial charge in [-0.25, -0.2) is 4.79 Å². The number of piperidine rings is 1. The van der Waals surface area contributed by atoms with Gasteiger partial charge in [-0.2, -0.15) is 0 Å². The van der Waals surface area contributed by atoms with E-state index >= 15 is 0 Å². The first-order valence-corrected chi connectivity index (χ1v) is 9.74. The van der Waals surface area contributed by atoms with E-state index in [1.54, 1.807) is 7.11 Å². The van der Waals surface area contributed by atoms with Crippen molar-refractivity contribution in [3.05, 3.63) is 29.8 Å². The Bertz CT molecular complexity index is 615. The van der Waals surface area contributed by atoms with Gasteiger partial charge in [0.05, 0.1) is 7.11 Å². The van der Waals surface area contributed by atoms with Crippen molar-refractivity contribution >= 4 is 11.9 Å². The lowest BCUT2D eigenvalue weighted by atomic mass is 10.0. The molecule has 0 aliphatic carbocycles. The summed E-state index contributed by atoms with van der Waals surface area (Å²) in [5, 5.41) is 5.64. The number of carbonyl (C=O) groups excluding carboxylic acids is 2. The number of nitrogens with zero attached hydrogens (tertiary/aromatic N) is 1. The summed E-state index contributed by atoms with van der Waals surface area (Å²) in [5.74, 6) is 0.773. The summed E-state index contributed by atoms with van der Waals surface area (Å²) in [4.78, 5) is 26.0. The Labute approximate surface area is 161 Å². The standard InChI is InChI=1S/C20H32N4O3/c1-3-4-8-17(23-20(21)26)19(25)22-16-10-12-24(13-11-16)14-15-7-5-6-9-18(15)27-2/h5-7,9,16-17H,3-4,8,10-14H2,1-2H3,(H,22,25)(H3,21,23,26). The number of carbonyl (C=O) groups is 2. The van der Waals surface area contributed by atoms with Gasteiger partial charge in [-0.15, -0.1) is 0 Å². The largest absolute Gasteiger partial charge is 0.496 e. The highest BCUT2D eigenvalue weighted by Gasteiger charge is 2.25. The fourth-order valence-electron chi connectivity index (χ4n) is 3.46. The van der Waals surface area contributed by atoms with Gasteiger partial charge in [-0.1, -0.05) is 38.0 Å². The summed E-state index contributed by atoms with van der Waals surface area (Å²) < 4.78 is 5.42. The van der Waals surface area contributed by atoms with Crippen molar-refractivity contribution in [2.24, 2.45) is 5.73 Å². The van der Waals surface area contributed by atoms with Crippen molar-refractivity contribution in [2.45, 2.75) is 57.7 Å². The molecule has 3 amide bonds. The first kappa shape index (κ1) is 21.0. The van der Waals surface area contributed by atoms with Gasteiger partial charge in [0.2, 0.25) is 5.91 Å². The molecule has 1 fully saturated rings. The Balaban J connectivity index is 1.82. The molecule has 2 rings (SSSR count). The molecule has 0 radical (unpaired) electrons. The maximum absolute atomic E-state index is 12.5. The molecule has 1 heterocycles. The van der Waals surface area contributed by atoms with Crippen LogP contribution < -0.4 is 21.1 Å². The monoisotopic (exact) mass is 376 g/mol. The number of nitrogens with one attached hydrogen (secondary N) is 2. The second kappa shape index (κ2) is 10.8. The highest BCUT2D eigenvalue weighted by atomic mass is 16.5. The SMILES string of the molecule is CCCCC(NC(N)=O)C(=O)NC1CCN(Cc2ccccc2OC)CC1. The van der Waals surface area contributed by atoms with Crippen molar-refractivity contribution in [1.29, 1.82) is 0 Å². The second-order valence-electron chi connectivity index (χ2n) is 7.07. The number of ether oxygens (including phenoxy) is 1. The summed E-state index contributed by atoms with van der Waals surface area (Å²) in [6, 6.07) is 6.98. The third-order valence-corrected chi connectivity index (χ3v) is 5.00. The highest BCUT2D eigenvalue weighted by molar-refractivity contribution is 5.86. The van der Waals surface area contributed by atoms with Gasteiger partial charge in [-0.3, -0.25) is 9.69 Å². The summed E-state index contributed by atoms with van der Waals surface area (Å²) in [5.41, 5.74) is 6.38. The number of urea groups is 1. The number of methoxy groups -OCH3 is 1. The van der Waals surface area contributed by atoms with Gasteiger partial charge in [0, 0.05) is 31.2 Å². The molecule has 1 aliphatic rings. The van der Waals surface area contributed by atoms with E-state index in [-0.39, 0.29) is 11.9 Å². The molecule has 27 heavy (non-hydrogen) atoms. The average Bonchev–Trinajstić information content (AvgIpc) is 2.66. The molecule has 4 N–H and O–H groups in total. The topological polar surface area (TPSA) is 96.7 Å². The van der Waals surface area contributed by atoms with E-state index in [0.717, 1.165) is 51.1 Å². The van der Waals surface area contributed by atoms with Crippen LogP contribution in [0.5, 0.6) is 5.75 Å². The van der Waals surface area contributed by atoms with Gasteiger partial charge < -0.3 is 21.1 Å². The molecule has 1 atom stereocenters. The van der Waals surface area contributed by atoms with Crippen LogP contribution in [0.3, 0.4) is 0 Å². The maximum Gasteiger partial charge on any atom is 0.312 e. The molecule has 1 saturated heterocycles. The van der Waals surface area contributed by atoms with Crippen LogP contribution in [0.2, 0.25) is 0 Å². The minimum atomic E-state index is -0.655. The minimum Gasteiger partial charge on any atom is -0.496 e. The van der Waals surface area contributed by atoms with Gasteiger partial charge in [0.1, 0.15) is 11.8 Å². The van der Waals surface area contributed by atoms with Gasteiger partial charge in [0.15, 0.2) is 0 Å². The zero-order chi connectivity index (χ0) is 19.6. The number of benzene rings is 1. The normalized spacial score (nSPS) is 16.5. The fraction of sp³-hybridized carbons (Fsp3) is 0.600. The number of amides is 3. The second-order valence-corrected chi connectivity index (χ2v) is 7.07. The van der Waals surface area contributed by atoms with Crippen molar-refractivity contribution in [1.82, 2.24) is 15.5 Å². The molecule has 0 bridgehead atoms. The van der Waals surface area contributed by atoms with E-state index < -0.39 is 12.1 Å². The van der Waals surface area contributed by atoms with Crippen LogP contribution in [-0.4, -0.2) is 49.1 Å². The lowest BCUT2D eigenvalue weighted by molar-refractivity contribution is -0.124. The lowest BCUT2D eigenvalue weighted by Crippen LogP contribution is -2.53. The van der Waals surface area contributed by atoms with Gasteiger partial charge in [0.25, 0.3) is 0 Å². The molecule has 7 nitrogen and oxygen atoms in total. The average molecular weight is 377 g/mol. The molecule has 1 aromatic rings. The van der Waals surface area contributed by atoms with Crippen LogP contribution in [0, 0.1) is 0 Å². The zero-order valence-electron chi connectivity index (χ0n) is 16.4. The molecule has 0 spiro atoms. The predicted molar refractivity (Wildman–Crippen MR) is 105 cm³/mol.